The third kappa shape index (κ3) is 3.34. The number of anilines is 1. The molecule has 0 bridgehead atoms. The molecule has 1 fully saturated rings. The molecule has 3 rings (SSSR count). The lowest BCUT2D eigenvalue weighted by molar-refractivity contribution is 0.0746. The van der Waals surface area contributed by atoms with E-state index in [4.69, 9.17) is 11.6 Å². The van der Waals surface area contributed by atoms with Gasteiger partial charge in [0.05, 0.1) is 11.3 Å². The van der Waals surface area contributed by atoms with Crippen molar-refractivity contribution in [1.29, 1.82) is 5.26 Å². The Balaban J connectivity index is 1.69. The van der Waals surface area contributed by atoms with E-state index in [1.54, 1.807) is 17.0 Å². The Morgan fingerprint density at radius 2 is 1.75 bits per heavy atom. The van der Waals surface area contributed by atoms with Gasteiger partial charge >= 0.3 is 0 Å². The molecular weight excluding hydrogens is 329 g/mol. The van der Waals surface area contributed by atoms with Crippen LogP contribution >= 0.6 is 11.6 Å². The van der Waals surface area contributed by atoms with Crippen LogP contribution in [-0.2, 0) is 0 Å². The van der Waals surface area contributed by atoms with Crippen molar-refractivity contribution in [3.63, 3.8) is 0 Å². The number of hydrogen-bond donors (Lipinski definition) is 0. The maximum atomic E-state index is 13.0. The van der Waals surface area contributed by atoms with Crippen LogP contribution in [0.1, 0.15) is 15.9 Å². The minimum Gasteiger partial charge on any atom is -0.367 e. The van der Waals surface area contributed by atoms with Crippen molar-refractivity contribution in [2.24, 2.45) is 0 Å². The van der Waals surface area contributed by atoms with Crippen LogP contribution in [0.3, 0.4) is 0 Å². The summed E-state index contributed by atoms with van der Waals surface area (Å²) < 4.78 is 13.0. The zero-order valence-electron chi connectivity index (χ0n) is 12.9. The second-order valence-electron chi connectivity index (χ2n) is 5.56. The standard InChI is InChI=1S/C18H15ClFN3O/c19-15-3-6-17(14(11-15)12-21)22-7-9-23(10-8-22)18(24)13-1-4-16(20)5-2-13/h1-6,11H,7-10H2. The van der Waals surface area contributed by atoms with E-state index in [1.807, 2.05) is 6.07 Å². The van der Waals surface area contributed by atoms with Gasteiger partial charge in [-0.25, -0.2) is 4.39 Å². The van der Waals surface area contributed by atoms with Crippen molar-refractivity contribution in [1.82, 2.24) is 4.90 Å². The number of rotatable bonds is 2. The van der Waals surface area contributed by atoms with Gasteiger partial charge in [-0.15, -0.1) is 0 Å². The van der Waals surface area contributed by atoms with E-state index in [-0.39, 0.29) is 11.7 Å². The summed E-state index contributed by atoms with van der Waals surface area (Å²) in [5.41, 5.74) is 1.84. The Morgan fingerprint density at radius 1 is 1.08 bits per heavy atom. The van der Waals surface area contributed by atoms with Gasteiger partial charge in [0, 0.05) is 36.8 Å². The third-order valence-electron chi connectivity index (χ3n) is 4.08. The van der Waals surface area contributed by atoms with E-state index >= 15 is 0 Å². The van der Waals surface area contributed by atoms with Crippen LogP contribution in [0.4, 0.5) is 10.1 Å². The molecule has 0 atom stereocenters. The molecule has 24 heavy (non-hydrogen) atoms. The third-order valence-corrected chi connectivity index (χ3v) is 4.31. The van der Waals surface area contributed by atoms with E-state index < -0.39 is 0 Å². The first-order valence-corrected chi connectivity index (χ1v) is 7.96. The number of halogens is 2. The number of amides is 1. The van der Waals surface area contributed by atoms with Gasteiger partial charge in [0.2, 0.25) is 0 Å². The predicted octanol–water partition coefficient (Wildman–Crippen LogP) is 3.31. The lowest BCUT2D eigenvalue weighted by atomic mass is 10.1. The van der Waals surface area contributed by atoms with Crippen molar-refractivity contribution in [2.75, 3.05) is 31.1 Å². The lowest BCUT2D eigenvalue weighted by Crippen LogP contribution is -2.49. The quantitative estimate of drug-likeness (QED) is 0.840. The zero-order valence-corrected chi connectivity index (χ0v) is 13.6. The van der Waals surface area contributed by atoms with Crippen molar-refractivity contribution in [3.05, 3.63) is 64.4 Å². The fourth-order valence-corrected chi connectivity index (χ4v) is 2.97. The molecule has 0 unspecified atom stereocenters. The molecule has 1 aliphatic rings. The summed E-state index contributed by atoms with van der Waals surface area (Å²) in [6.07, 6.45) is 0. The number of nitriles is 1. The summed E-state index contributed by atoms with van der Waals surface area (Å²) in [6.45, 7) is 2.35. The van der Waals surface area contributed by atoms with Gasteiger partial charge in [-0.3, -0.25) is 4.79 Å². The topological polar surface area (TPSA) is 47.3 Å². The van der Waals surface area contributed by atoms with Crippen LogP contribution in [0.15, 0.2) is 42.5 Å². The maximum Gasteiger partial charge on any atom is 0.253 e. The molecule has 6 heteroatoms. The van der Waals surface area contributed by atoms with Crippen molar-refractivity contribution >= 4 is 23.2 Å². The second kappa shape index (κ2) is 6.90. The lowest BCUT2D eigenvalue weighted by Gasteiger charge is -2.36. The van der Waals surface area contributed by atoms with Crippen LogP contribution < -0.4 is 4.90 Å². The van der Waals surface area contributed by atoms with Crippen LogP contribution in [-0.4, -0.2) is 37.0 Å². The van der Waals surface area contributed by atoms with E-state index in [0.29, 0.717) is 42.3 Å². The summed E-state index contributed by atoms with van der Waals surface area (Å²) >= 11 is 5.93. The fourth-order valence-electron chi connectivity index (χ4n) is 2.80. The van der Waals surface area contributed by atoms with E-state index in [0.717, 1.165) is 5.69 Å². The van der Waals surface area contributed by atoms with Crippen molar-refractivity contribution in [3.8, 4) is 6.07 Å². The van der Waals surface area contributed by atoms with Crippen LogP contribution in [0, 0.1) is 17.1 Å². The van der Waals surface area contributed by atoms with Gasteiger partial charge in [0.1, 0.15) is 11.9 Å². The minimum absolute atomic E-state index is 0.105. The van der Waals surface area contributed by atoms with Crippen molar-refractivity contribution < 1.29 is 9.18 Å². The van der Waals surface area contributed by atoms with Crippen LogP contribution in [0.5, 0.6) is 0 Å². The zero-order chi connectivity index (χ0) is 17.1. The molecule has 0 spiro atoms. The van der Waals surface area contributed by atoms with Gasteiger partial charge < -0.3 is 9.80 Å². The normalized spacial score (nSPS) is 14.4. The second-order valence-corrected chi connectivity index (χ2v) is 6.00. The average Bonchev–Trinajstić information content (AvgIpc) is 2.62. The van der Waals surface area contributed by atoms with E-state index in [9.17, 15) is 14.4 Å². The smallest absolute Gasteiger partial charge is 0.253 e. The van der Waals surface area contributed by atoms with Crippen LogP contribution in [0.2, 0.25) is 5.02 Å². The highest BCUT2D eigenvalue weighted by Crippen LogP contribution is 2.25. The molecule has 0 aliphatic carbocycles. The van der Waals surface area contributed by atoms with Gasteiger partial charge in [-0.2, -0.15) is 5.26 Å². The SMILES string of the molecule is N#Cc1cc(Cl)ccc1N1CCN(C(=O)c2ccc(F)cc2)CC1. The molecular formula is C18H15ClFN3O. The summed E-state index contributed by atoms with van der Waals surface area (Å²) in [5.74, 6) is -0.464. The minimum atomic E-state index is -0.358. The predicted molar refractivity (Wildman–Crippen MR) is 90.7 cm³/mol. The number of carbonyl (C=O) groups excluding carboxylic acids is 1. The molecule has 4 nitrogen and oxygen atoms in total. The number of nitrogens with zero attached hydrogens (tertiary/aromatic N) is 3. The highest BCUT2D eigenvalue weighted by atomic mass is 35.5. The number of carbonyl (C=O) groups is 1. The molecule has 1 aliphatic heterocycles. The van der Waals surface area contributed by atoms with Gasteiger partial charge in [-0.1, -0.05) is 11.6 Å². The monoisotopic (exact) mass is 343 g/mol. The Bertz CT molecular complexity index is 793. The Labute approximate surface area is 144 Å². The first kappa shape index (κ1) is 16.3. The molecule has 2 aromatic rings. The van der Waals surface area contributed by atoms with E-state index in [1.165, 1.54) is 24.3 Å². The maximum absolute atomic E-state index is 13.0. The highest BCUT2D eigenvalue weighted by Gasteiger charge is 2.23. The summed E-state index contributed by atoms with van der Waals surface area (Å²) in [7, 11) is 0. The molecule has 1 heterocycles. The van der Waals surface area contributed by atoms with Gasteiger partial charge in [0.15, 0.2) is 0 Å². The van der Waals surface area contributed by atoms with Crippen molar-refractivity contribution in [2.45, 2.75) is 0 Å². The first-order chi connectivity index (χ1) is 11.6. The fraction of sp³-hybridized carbons (Fsp3) is 0.222. The molecule has 0 saturated carbocycles. The molecule has 1 saturated heterocycles. The molecule has 0 N–H and O–H groups in total. The largest absolute Gasteiger partial charge is 0.367 e. The molecule has 1 amide bonds. The molecule has 122 valence electrons. The summed E-state index contributed by atoms with van der Waals surface area (Å²) in [4.78, 5) is 16.3. The van der Waals surface area contributed by atoms with Crippen LogP contribution in [0.25, 0.3) is 0 Å². The number of benzene rings is 2. The number of piperazine rings is 1. The molecule has 0 aromatic heterocycles. The Hall–Kier alpha value is -2.58. The summed E-state index contributed by atoms with van der Waals surface area (Å²) in [6, 6.07) is 13.0. The summed E-state index contributed by atoms with van der Waals surface area (Å²) in [5, 5.41) is 9.78. The molecule has 2 aromatic carbocycles. The Kier molecular flexibility index (Phi) is 4.68. The molecule has 0 radical (unpaired) electrons. The average molecular weight is 344 g/mol. The highest BCUT2D eigenvalue weighted by molar-refractivity contribution is 6.30. The van der Waals surface area contributed by atoms with Gasteiger partial charge in [-0.05, 0) is 42.5 Å². The first-order valence-electron chi connectivity index (χ1n) is 7.58. The number of hydrogen-bond acceptors (Lipinski definition) is 3. The Morgan fingerprint density at radius 3 is 2.38 bits per heavy atom. The van der Waals surface area contributed by atoms with Gasteiger partial charge in [0.25, 0.3) is 5.91 Å². The van der Waals surface area contributed by atoms with E-state index in [2.05, 4.69) is 11.0 Å².